The summed E-state index contributed by atoms with van der Waals surface area (Å²) in [4.78, 5) is 111. The molecule has 0 bridgehead atoms. The Kier molecular flexibility index (Phi) is 20.1. The summed E-state index contributed by atoms with van der Waals surface area (Å²) in [5.41, 5.74) is 0. The average molecular weight is 809 g/mol. The topological polar surface area (TPSA) is 224 Å². The van der Waals surface area contributed by atoms with Crippen LogP contribution in [0.15, 0.2) is 0 Å². The molecular formula is C39H68N8O8S. The second-order valence-corrected chi connectivity index (χ2v) is 16.8. The van der Waals surface area contributed by atoms with Crippen molar-refractivity contribution >= 4 is 59.0 Å². The van der Waals surface area contributed by atoms with Crippen LogP contribution >= 0.6 is 11.8 Å². The maximum Gasteiger partial charge on any atom is 0.246 e. The average Bonchev–Trinajstić information content (AvgIpc) is 3.66. The number of rotatable bonds is 11. The Balaban J connectivity index is 2.60. The second-order valence-electron chi connectivity index (χ2n) is 15.8. The molecule has 2 aliphatic rings. The summed E-state index contributed by atoms with van der Waals surface area (Å²) in [7, 11) is 0. The standard InChI is InChI=1S/C39H68N8O8S/c1-11-22(6)30-37(53)42-26(16-18-56-10)34(50)40-20-29(48)44-32(24(8)13-3)39(55)47-17-14-15-28(47)36(52)46-31(23(7)12-2)38(54)43-27(19-21(4)5)35(51)41-25(9)33(49)45-30/h21-28,30-32H,11-20H2,1-10H3,(H,40,50)(H,41,51)(H,42,53)(H,43,54)(H,44,48)(H,45,49)(H,46,52)/t22-,23-,24-,25-,26+,27-,28-,30-,31-,32-/m0/s1. The second kappa shape index (κ2) is 23.4. The minimum absolute atomic E-state index is 0.0367. The van der Waals surface area contributed by atoms with E-state index in [1.54, 1.807) is 6.92 Å². The first kappa shape index (κ1) is 48.3. The van der Waals surface area contributed by atoms with Gasteiger partial charge in [-0.1, -0.05) is 74.7 Å². The number of thioether (sulfide) groups is 1. The van der Waals surface area contributed by atoms with Gasteiger partial charge in [0.05, 0.1) is 6.54 Å². The van der Waals surface area contributed by atoms with Gasteiger partial charge in [-0.05, 0) is 68.3 Å². The van der Waals surface area contributed by atoms with Gasteiger partial charge in [0, 0.05) is 6.54 Å². The smallest absolute Gasteiger partial charge is 0.246 e. The van der Waals surface area contributed by atoms with Gasteiger partial charge in [0.1, 0.15) is 42.3 Å². The van der Waals surface area contributed by atoms with E-state index in [-0.39, 0.29) is 43.1 Å². The van der Waals surface area contributed by atoms with Crippen molar-refractivity contribution in [3.05, 3.63) is 0 Å². The summed E-state index contributed by atoms with van der Waals surface area (Å²) >= 11 is 1.47. The van der Waals surface area contributed by atoms with E-state index in [4.69, 9.17) is 0 Å². The van der Waals surface area contributed by atoms with Gasteiger partial charge in [0.25, 0.3) is 0 Å². The molecule has 2 heterocycles. The molecule has 0 saturated carbocycles. The molecule has 16 nitrogen and oxygen atoms in total. The number of hydrogen-bond donors (Lipinski definition) is 7. The number of fused-ring (bicyclic) bond motifs is 1. The van der Waals surface area contributed by atoms with Gasteiger partial charge in [-0.15, -0.1) is 0 Å². The van der Waals surface area contributed by atoms with E-state index in [9.17, 15) is 38.4 Å². The largest absolute Gasteiger partial charge is 0.345 e. The molecule has 0 aromatic heterocycles. The van der Waals surface area contributed by atoms with Crippen LogP contribution in [0.2, 0.25) is 0 Å². The zero-order valence-electron chi connectivity index (χ0n) is 35.0. The van der Waals surface area contributed by atoms with Crippen molar-refractivity contribution in [1.82, 2.24) is 42.1 Å². The lowest BCUT2D eigenvalue weighted by Gasteiger charge is -2.33. The number of amides is 8. The highest BCUT2D eigenvalue weighted by Gasteiger charge is 2.41. The van der Waals surface area contributed by atoms with Crippen molar-refractivity contribution in [3.63, 3.8) is 0 Å². The lowest BCUT2D eigenvalue weighted by Crippen LogP contribution is -2.61. The van der Waals surface area contributed by atoms with E-state index in [2.05, 4.69) is 37.2 Å². The number of nitrogens with one attached hydrogen (secondary N) is 7. The molecule has 2 saturated heterocycles. The Morgan fingerprint density at radius 3 is 1.71 bits per heavy atom. The Labute approximate surface area is 337 Å². The molecule has 0 aliphatic carbocycles. The van der Waals surface area contributed by atoms with Crippen LogP contribution in [0.3, 0.4) is 0 Å². The van der Waals surface area contributed by atoms with Gasteiger partial charge in [0.2, 0.25) is 47.3 Å². The van der Waals surface area contributed by atoms with Crippen molar-refractivity contribution in [3.8, 4) is 0 Å². The van der Waals surface area contributed by atoms with Crippen molar-refractivity contribution in [1.29, 1.82) is 0 Å². The van der Waals surface area contributed by atoms with E-state index in [1.807, 2.05) is 54.7 Å². The van der Waals surface area contributed by atoms with Crippen LogP contribution in [-0.4, -0.2) is 120 Å². The van der Waals surface area contributed by atoms with Crippen LogP contribution in [0.4, 0.5) is 0 Å². The number of hydrogen-bond acceptors (Lipinski definition) is 9. The highest BCUT2D eigenvalue weighted by molar-refractivity contribution is 7.98. The Bertz CT molecular complexity index is 1400. The highest BCUT2D eigenvalue weighted by atomic mass is 32.2. The molecule has 318 valence electrons. The predicted molar refractivity (Wildman–Crippen MR) is 216 cm³/mol. The lowest BCUT2D eigenvalue weighted by molar-refractivity contribution is -0.143. The van der Waals surface area contributed by atoms with E-state index < -0.39 is 96.1 Å². The first-order chi connectivity index (χ1) is 26.4. The predicted octanol–water partition coefficient (Wildman–Crippen LogP) is 0.973. The van der Waals surface area contributed by atoms with E-state index in [0.29, 0.717) is 37.9 Å². The summed E-state index contributed by atoms with van der Waals surface area (Å²) < 4.78 is 0. The molecule has 8 amide bonds. The molecule has 0 spiro atoms. The summed E-state index contributed by atoms with van der Waals surface area (Å²) in [5, 5.41) is 19.2. The van der Waals surface area contributed by atoms with Crippen LogP contribution in [0, 0.1) is 23.7 Å². The van der Waals surface area contributed by atoms with Gasteiger partial charge < -0.3 is 42.1 Å². The van der Waals surface area contributed by atoms with E-state index in [1.165, 1.54) is 23.6 Å². The quantitative estimate of drug-likeness (QED) is 0.158. The molecule has 17 heteroatoms. The van der Waals surface area contributed by atoms with E-state index >= 15 is 0 Å². The molecule has 10 atom stereocenters. The summed E-state index contributed by atoms with van der Waals surface area (Å²) in [6, 6.07) is -7.20. The maximum atomic E-state index is 14.1. The van der Waals surface area contributed by atoms with Crippen LogP contribution in [-0.2, 0) is 38.4 Å². The first-order valence-corrected chi connectivity index (χ1v) is 21.7. The molecule has 0 aromatic carbocycles. The third kappa shape index (κ3) is 13.9. The minimum Gasteiger partial charge on any atom is -0.345 e. The first-order valence-electron chi connectivity index (χ1n) is 20.3. The van der Waals surface area contributed by atoms with Crippen LogP contribution in [0.1, 0.15) is 107 Å². The molecule has 56 heavy (non-hydrogen) atoms. The molecule has 0 aromatic rings. The van der Waals surface area contributed by atoms with Crippen molar-refractivity contribution < 1.29 is 38.4 Å². The fourth-order valence-corrected chi connectivity index (χ4v) is 7.19. The van der Waals surface area contributed by atoms with Crippen molar-refractivity contribution in [2.24, 2.45) is 23.7 Å². The van der Waals surface area contributed by atoms with Gasteiger partial charge in [0.15, 0.2) is 0 Å². The fraction of sp³-hybridized carbons (Fsp3) is 0.795. The molecule has 7 N–H and O–H groups in total. The van der Waals surface area contributed by atoms with Crippen LogP contribution in [0.25, 0.3) is 0 Å². The molecule has 2 fully saturated rings. The van der Waals surface area contributed by atoms with Crippen LogP contribution < -0.4 is 37.2 Å². The summed E-state index contributed by atoms with van der Waals surface area (Å²) in [6.07, 6.45) is 4.77. The number of carbonyl (C=O) groups is 8. The molecule has 2 aliphatic heterocycles. The monoisotopic (exact) mass is 808 g/mol. The maximum absolute atomic E-state index is 14.1. The summed E-state index contributed by atoms with van der Waals surface area (Å²) in [6.45, 7) is 16.1. The molecule has 0 unspecified atom stereocenters. The number of nitrogens with zero attached hydrogens (tertiary/aromatic N) is 1. The van der Waals surface area contributed by atoms with Crippen molar-refractivity contribution in [2.45, 2.75) is 150 Å². The van der Waals surface area contributed by atoms with Gasteiger partial charge in [-0.2, -0.15) is 11.8 Å². The zero-order valence-corrected chi connectivity index (χ0v) is 35.9. The van der Waals surface area contributed by atoms with E-state index in [0.717, 1.165) is 0 Å². The highest BCUT2D eigenvalue weighted by Crippen LogP contribution is 2.23. The van der Waals surface area contributed by atoms with Crippen molar-refractivity contribution in [2.75, 3.05) is 25.1 Å². The molecule has 2 rings (SSSR count). The third-order valence-electron chi connectivity index (χ3n) is 11.0. The Hall–Kier alpha value is -3.89. The Morgan fingerprint density at radius 2 is 1.18 bits per heavy atom. The minimum atomic E-state index is -1.11. The third-order valence-corrected chi connectivity index (χ3v) is 11.6. The van der Waals surface area contributed by atoms with Gasteiger partial charge in [-0.3, -0.25) is 38.4 Å². The SMILES string of the molecule is CC[C@H](C)[C@@H]1NC(=O)[C@H](C)NC(=O)[C@H](CC(C)C)NC(=O)[C@H]([C@@H](C)CC)NC(=O)[C@@H]2CCCN2C(=O)[C@H]([C@@H](C)CC)NC(=O)CNC(=O)[C@@H](CCSC)NC1=O. The van der Waals surface area contributed by atoms with Gasteiger partial charge >= 0.3 is 0 Å². The molecule has 0 radical (unpaired) electrons. The number of carbonyl (C=O) groups excluding carboxylic acids is 8. The summed E-state index contributed by atoms with van der Waals surface area (Å²) in [5.74, 6) is -5.16. The Morgan fingerprint density at radius 1 is 0.643 bits per heavy atom. The lowest BCUT2D eigenvalue weighted by atomic mass is 9.95. The zero-order chi connectivity index (χ0) is 42.3. The normalized spacial score (nSPS) is 28.7. The fourth-order valence-electron chi connectivity index (χ4n) is 6.72. The van der Waals surface area contributed by atoms with Gasteiger partial charge in [-0.25, -0.2) is 0 Å². The molecular weight excluding hydrogens is 741 g/mol. The van der Waals surface area contributed by atoms with Crippen LogP contribution in [0.5, 0.6) is 0 Å².